The van der Waals surface area contributed by atoms with E-state index in [-0.39, 0.29) is 15.9 Å². The summed E-state index contributed by atoms with van der Waals surface area (Å²) in [6, 6.07) is 0. The second-order valence-corrected chi connectivity index (χ2v) is 4.62. The molecule has 2 aromatic heterocycles. The van der Waals surface area contributed by atoms with E-state index in [1.807, 2.05) is 0 Å². The third-order valence-corrected chi connectivity index (χ3v) is 2.12. The monoisotopic (exact) mass is 258 g/mol. The van der Waals surface area contributed by atoms with Crippen LogP contribution in [0, 0.1) is 0 Å². The lowest BCUT2D eigenvalue weighted by Crippen LogP contribution is -2.42. The smallest absolute Gasteiger partial charge is 0.287 e. The number of rotatable bonds is 2. The van der Waals surface area contributed by atoms with Crippen LogP contribution in [-0.4, -0.2) is 34.4 Å². The van der Waals surface area contributed by atoms with Crippen molar-refractivity contribution in [2.75, 3.05) is 6.26 Å². The molecule has 9 nitrogen and oxygen atoms in total. The molecule has 17 heavy (non-hydrogen) atoms. The Hall–Kier alpha value is -2.23. The first-order chi connectivity index (χ1) is 7.88. The Balaban J connectivity index is 2.82. The molecule has 2 aromatic rings. The molecule has 10 heteroatoms. The quantitative estimate of drug-likeness (QED) is 0.652. The molecule has 90 valence electrons. The summed E-state index contributed by atoms with van der Waals surface area (Å²) < 4.78 is 26.1. The molecule has 0 unspecified atom stereocenters. The van der Waals surface area contributed by atoms with Crippen LogP contribution in [0.4, 0.5) is 0 Å². The summed E-state index contributed by atoms with van der Waals surface area (Å²) in [6.07, 6.45) is 3.21. The van der Waals surface area contributed by atoms with Crippen molar-refractivity contribution in [1.29, 1.82) is 0 Å². The first-order valence-corrected chi connectivity index (χ1v) is 6.06. The number of hydrogen-bond donors (Lipinski definition) is 1. The van der Waals surface area contributed by atoms with Crippen LogP contribution < -0.4 is 15.5 Å². The highest BCUT2D eigenvalue weighted by Gasteiger charge is 2.14. The van der Waals surface area contributed by atoms with E-state index in [1.54, 1.807) is 0 Å². The third-order valence-electron chi connectivity index (χ3n) is 1.70. The zero-order valence-corrected chi connectivity index (χ0v) is 9.26. The van der Waals surface area contributed by atoms with E-state index in [2.05, 4.69) is 19.2 Å². The topological polar surface area (TPSA) is 124 Å². The van der Waals surface area contributed by atoms with Gasteiger partial charge in [0.05, 0.1) is 6.26 Å². The molecule has 2 heterocycles. The van der Waals surface area contributed by atoms with Gasteiger partial charge in [-0.25, -0.2) is 14.8 Å². The van der Waals surface area contributed by atoms with E-state index >= 15 is 0 Å². The summed E-state index contributed by atoms with van der Waals surface area (Å²) in [5.74, 6) is 0. The van der Waals surface area contributed by atoms with Gasteiger partial charge in [-0.15, -0.1) is 0 Å². The summed E-state index contributed by atoms with van der Waals surface area (Å²) in [5.41, 5.74) is -2.29. The van der Waals surface area contributed by atoms with E-state index < -0.39 is 21.4 Å². The highest BCUT2D eigenvalue weighted by atomic mass is 32.2. The zero-order valence-electron chi connectivity index (χ0n) is 8.45. The molecule has 0 radical (unpaired) electrons. The van der Waals surface area contributed by atoms with Gasteiger partial charge in [-0.3, -0.25) is 14.1 Å². The van der Waals surface area contributed by atoms with Gasteiger partial charge in [0.25, 0.3) is 0 Å². The lowest BCUT2D eigenvalue weighted by molar-refractivity contribution is 0.256. The molecule has 0 atom stereocenters. The fraction of sp³-hybridized carbons (Fsp3) is 0.143. The number of nitrogens with zero attached hydrogens (tertiary/aromatic N) is 3. The molecule has 0 bridgehead atoms. The van der Waals surface area contributed by atoms with Crippen LogP contribution in [0.5, 0.6) is 0 Å². The van der Waals surface area contributed by atoms with Gasteiger partial charge in [0.15, 0.2) is 11.2 Å². The van der Waals surface area contributed by atoms with Gasteiger partial charge in [-0.2, -0.15) is 8.42 Å². The zero-order chi connectivity index (χ0) is 12.6. The summed E-state index contributed by atoms with van der Waals surface area (Å²) in [6.45, 7) is 0. The molecule has 1 N–H and O–H groups in total. The average Bonchev–Trinajstić information content (AvgIpc) is 2.23. The number of nitrogens with one attached hydrogen (secondary N) is 1. The molecular formula is C7H6N4O5S. The molecule has 0 aliphatic rings. The molecular weight excluding hydrogens is 252 g/mol. The lowest BCUT2D eigenvalue weighted by atomic mass is 10.5. The van der Waals surface area contributed by atoms with E-state index in [1.165, 1.54) is 12.4 Å². The van der Waals surface area contributed by atoms with Gasteiger partial charge in [-0.1, -0.05) is 4.73 Å². The summed E-state index contributed by atoms with van der Waals surface area (Å²) in [4.78, 5) is 32.6. The van der Waals surface area contributed by atoms with E-state index in [0.29, 0.717) is 6.26 Å². The van der Waals surface area contributed by atoms with E-state index in [4.69, 9.17) is 0 Å². The summed E-state index contributed by atoms with van der Waals surface area (Å²) >= 11 is 0. The number of H-pyrrole nitrogens is 1. The van der Waals surface area contributed by atoms with Gasteiger partial charge in [-0.05, 0) is 0 Å². The minimum atomic E-state index is -4.00. The van der Waals surface area contributed by atoms with E-state index in [0.717, 1.165) is 0 Å². The van der Waals surface area contributed by atoms with Crippen molar-refractivity contribution in [3.05, 3.63) is 33.2 Å². The van der Waals surface area contributed by atoms with Crippen molar-refractivity contribution < 1.29 is 12.7 Å². The van der Waals surface area contributed by atoms with E-state index in [9.17, 15) is 18.0 Å². The second-order valence-electron chi connectivity index (χ2n) is 3.06. The number of fused-ring (bicyclic) bond motifs is 1. The highest BCUT2D eigenvalue weighted by Crippen LogP contribution is 1.93. The van der Waals surface area contributed by atoms with Crippen molar-refractivity contribution in [2.45, 2.75) is 0 Å². The average molecular weight is 258 g/mol. The van der Waals surface area contributed by atoms with Gasteiger partial charge >= 0.3 is 21.4 Å². The largest absolute Gasteiger partial charge is 0.365 e. The Morgan fingerprint density at radius 3 is 2.59 bits per heavy atom. The third kappa shape index (κ3) is 2.15. The summed E-state index contributed by atoms with van der Waals surface area (Å²) in [5, 5.41) is 0. The van der Waals surface area contributed by atoms with Crippen LogP contribution in [0.1, 0.15) is 0 Å². The Labute approximate surface area is 93.8 Å². The highest BCUT2D eigenvalue weighted by molar-refractivity contribution is 7.86. The van der Waals surface area contributed by atoms with Crippen molar-refractivity contribution in [3.8, 4) is 0 Å². The first-order valence-electron chi connectivity index (χ1n) is 4.24. The van der Waals surface area contributed by atoms with Crippen LogP contribution in [0.25, 0.3) is 11.2 Å². The van der Waals surface area contributed by atoms with Crippen LogP contribution >= 0.6 is 0 Å². The van der Waals surface area contributed by atoms with Gasteiger partial charge in [0, 0.05) is 12.4 Å². The Kier molecular flexibility index (Phi) is 2.42. The number of aromatic nitrogens is 4. The second kappa shape index (κ2) is 3.66. The maximum absolute atomic E-state index is 11.7. The molecule has 2 rings (SSSR count). The molecule has 0 saturated heterocycles. The number of aromatic amines is 1. The van der Waals surface area contributed by atoms with Crippen molar-refractivity contribution in [3.63, 3.8) is 0 Å². The van der Waals surface area contributed by atoms with Crippen molar-refractivity contribution in [2.24, 2.45) is 0 Å². The van der Waals surface area contributed by atoms with Crippen LogP contribution in [0.2, 0.25) is 0 Å². The standard InChI is InChI=1S/C7H6N4O5S/c1-17(14,15)16-11-6(12)4-5(10-7(11)13)9-3-2-8-4/h2-3H,1H3,(H,9,10,13). The maximum Gasteiger partial charge on any atom is 0.365 e. The number of hydrogen-bond acceptors (Lipinski definition) is 7. The predicted octanol–water partition coefficient (Wildman–Crippen LogP) is -2.13. The van der Waals surface area contributed by atoms with Gasteiger partial charge in [0.1, 0.15) is 0 Å². The van der Waals surface area contributed by atoms with Gasteiger partial charge < -0.3 is 0 Å². The van der Waals surface area contributed by atoms with Crippen molar-refractivity contribution in [1.82, 2.24) is 19.7 Å². The minimum Gasteiger partial charge on any atom is -0.287 e. The minimum absolute atomic E-state index is 0.0455. The van der Waals surface area contributed by atoms with Gasteiger partial charge in [0.2, 0.25) is 0 Å². The molecule has 0 amide bonds. The molecule has 0 saturated carbocycles. The Morgan fingerprint density at radius 1 is 1.29 bits per heavy atom. The normalized spacial score (nSPS) is 11.6. The molecule has 0 fully saturated rings. The fourth-order valence-electron chi connectivity index (χ4n) is 1.13. The fourth-order valence-corrected chi connectivity index (χ4v) is 1.54. The lowest BCUT2D eigenvalue weighted by Gasteiger charge is -2.03. The SMILES string of the molecule is CS(=O)(=O)On1c(=O)[nH]c2nccnc2c1=O. The van der Waals surface area contributed by atoms with Crippen LogP contribution in [-0.2, 0) is 10.1 Å². The Morgan fingerprint density at radius 2 is 1.94 bits per heavy atom. The Bertz CT molecular complexity index is 790. The van der Waals surface area contributed by atoms with Crippen LogP contribution in [0.3, 0.4) is 0 Å². The molecule has 0 aromatic carbocycles. The first kappa shape index (κ1) is 11.3. The summed E-state index contributed by atoms with van der Waals surface area (Å²) in [7, 11) is -4.00. The predicted molar refractivity (Wildman–Crippen MR) is 55.8 cm³/mol. The van der Waals surface area contributed by atoms with Crippen LogP contribution in [0.15, 0.2) is 22.0 Å². The van der Waals surface area contributed by atoms with Crippen molar-refractivity contribution >= 4 is 21.3 Å². The molecule has 0 aliphatic heterocycles. The molecule has 0 spiro atoms. The molecule has 0 aliphatic carbocycles. The maximum atomic E-state index is 11.7.